The molecule has 0 aliphatic heterocycles. The molecule has 0 saturated heterocycles. The molecule has 2 aromatic rings. The van der Waals surface area contributed by atoms with Gasteiger partial charge in [0.05, 0.1) is 5.02 Å². The second-order valence-electron chi connectivity index (χ2n) is 3.93. The zero-order valence-electron chi connectivity index (χ0n) is 9.99. The van der Waals surface area contributed by atoms with E-state index in [1.54, 1.807) is 5.32 Å². The van der Waals surface area contributed by atoms with E-state index in [2.05, 4.69) is 15.9 Å². The summed E-state index contributed by atoms with van der Waals surface area (Å²) in [5.41, 5.74) is -1.23. The van der Waals surface area contributed by atoms with Gasteiger partial charge in [-0.25, -0.2) is 17.6 Å². The maximum Gasteiger partial charge on any atom is 0.255 e. The molecule has 1 amide bonds. The first kappa shape index (κ1) is 15.8. The zero-order valence-corrected chi connectivity index (χ0v) is 12.3. The van der Waals surface area contributed by atoms with Crippen molar-refractivity contribution in [2.24, 2.45) is 0 Å². The monoisotopic (exact) mass is 381 g/mol. The van der Waals surface area contributed by atoms with Crippen molar-refractivity contribution in [2.45, 2.75) is 0 Å². The molecule has 21 heavy (non-hydrogen) atoms. The van der Waals surface area contributed by atoms with E-state index in [1.807, 2.05) is 0 Å². The lowest BCUT2D eigenvalue weighted by molar-refractivity contribution is 0.102. The van der Waals surface area contributed by atoms with Gasteiger partial charge in [-0.1, -0.05) is 11.6 Å². The highest BCUT2D eigenvalue weighted by Crippen LogP contribution is 2.26. The van der Waals surface area contributed by atoms with Gasteiger partial charge in [-0.2, -0.15) is 0 Å². The standard InChI is InChI=1S/C13H5BrClF4NO/c14-6-2-1-5(3-7(6)15)13(21)20-12-10(18)8(16)4-9(17)11(12)19/h1-4H,(H,20,21). The molecule has 0 atom stereocenters. The minimum Gasteiger partial charge on any atom is -0.317 e. The maximum absolute atomic E-state index is 13.4. The second kappa shape index (κ2) is 6.03. The summed E-state index contributed by atoms with van der Waals surface area (Å²) in [4.78, 5) is 11.8. The van der Waals surface area contributed by atoms with Gasteiger partial charge in [0.15, 0.2) is 23.3 Å². The molecule has 2 rings (SSSR count). The molecule has 2 aromatic carbocycles. The molecule has 0 fully saturated rings. The SMILES string of the molecule is O=C(Nc1c(F)c(F)cc(F)c1F)c1ccc(Br)c(Cl)c1. The molecule has 110 valence electrons. The largest absolute Gasteiger partial charge is 0.317 e. The van der Waals surface area contributed by atoms with Gasteiger partial charge >= 0.3 is 0 Å². The number of hydrogen-bond donors (Lipinski definition) is 1. The highest BCUT2D eigenvalue weighted by Gasteiger charge is 2.21. The number of carbonyl (C=O) groups is 1. The number of carbonyl (C=O) groups excluding carboxylic acids is 1. The molecule has 0 bridgehead atoms. The third-order valence-corrected chi connectivity index (χ3v) is 3.76. The van der Waals surface area contributed by atoms with Crippen molar-refractivity contribution in [3.8, 4) is 0 Å². The Balaban J connectivity index is 2.38. The van der Waals surface area contributed by atoms with Crippen LogP contribution in [-0.4, -0.2) is 5.91 Å². The van der Waals surface area contributed by atoms with Crippen LogP contribution in [0, 0.1) is 23.3 Å². The topological polar surface area (TPSA) is 29.1 Å². The lowest BCUT2D eigenvalue weighted by Crippen LogP contribution is -2.15. The van der Waals surface area contributed by atoms with Crippen molar-refractivity contribution in [2.75, 3.05) is 5.32 Å². The van der Waals surface area contributed by atoms with Gasteiger partial charge in [0.1, 0.15) is 5.69 Å². The predicted octanol–water partition coefficient (Wildman–Crippen LogP) is 4.91. The van der Waals surface area contributed by atoms with E-state index in [-0.39, 0.29) is 16.7 Å². The molecule has 0 spiro atoms. The van der Waals surface area contributed by atoms with Crippen LogP contribution in [0.2, 0.25) is 5.02 Å². The van der Waals surface area contributed by atoms with Crippen molar-refractivity contribution in [1.29, 1.82) is 0 Å². The molecule has 0 aromatic heterocycles. The van der Waals surface area contributed by atoms with Crippen LogP contribution in [0.4, 0.5) is 23.2 Å². The lowest BCUT2D eigenvalue weighted by atomic mass is 10.2. The first-order valence-electron chi connectivity index (χ1n) is 5.40. The first-order valence-corrected chi connectivity index (χ1v) is 6.57. The average molecular weight is 383 g/mol. The summed E-state index contributed by atoms with van der Waals surface area (Å²) in [7, 11) is 0. The normalized spacial score (nSPS) is 10.6. The van der Waals surface area contributed by atoms with E-state index in [0.29, 0.717) is 4.47 Å². The summed E-state index contributed by atoms with van der Waals surface area (Å²) in [6.45, 7) is 0. The van der Waals surface area contributed by atoms with E-state index >= 15 is 0 Å². The summed E-state index contributed by atoms with van der Waals surface area (Å²) in [6, 6.07) is 4.04. The summed E-state index contributed by atoms with van der Waals surface area (Å²) in [5.74, 6) is -7.57. The van der Waals surface area contributed by atoms with Crippen molar-refractivity contribution < 1.29 is 22.4 Å². The Morgan fingerprint density at radius 2 is 1.62 bits per heavy atom. The number of rotatable bonds is 2. The Kier molecular flexibility index (Phi) is 4.53. The second-order valence-corrected chi connectivity index (χ2v) is 5.19. The van der Waals surface area contributed by atoms with Crippen molar-refractivity contribution in [3.05, 3.63) is 62.6 Å². The molecule has 0 aliphatic rings. The third-order valence-electron chi connectivity index (χ3n) is 2.53. The number of anilines is 1. The van der Waals surface area contributed by atoms with E-state index in [1.165, 1.54) is 18.2 Å². The lowest BCUT2D eigenvalue weighted by Gasteiger charge is -2.09. The number of amides is 1. The van der Waals surface area contributed by atoms with Gasteiger partial charge in [-0.3, -0.25) is 4.79 Å². The van der Waals surface area contributed by atoms with Crippen LogP contribution < -0.4 is 5.32 Å². The van der Waals surface area contributed by atoms with Crippen LogP contribution in [0.3, 0.4) is 0 Å². The van der Waals surface area contributed by atoms with E-state index in [4.69, 9.17) is 11.6 Å². The Hall–Kier alpha value is -1.60. The first-order chi connectivity index (χ1) is 9.81. The molecule has 0 heterocycles. The van der Waals surface area contributed by atoms with Crippen LogP contribution in [0.5, 0.6) is 0 Å². The molecule has 8 heteroatoms. The van der Waals surface area contributed by atoms with Gasteiger partial charge in [0.25, 0.3) is 5.91 Å². The molecular weight excluding hydrogens is 377 g/mol. The molecule has 0 unspecified atom stereocenters. The smallest absolute Gasteiger partial charge is 0.255 e. The van der Waals surface area contributed by atoms with Gasteiger partial charge in [0, 0.05) is 16.1 Å². The zero-order chi connectivity index (χ0) is 15.7. The summed E-state index contributed by atoms with van der Waals surface area (Å²) in [6.07, 6.45) is 0. The van der Waals surface area contributed by atoms with E-state index < -0.39 is 34.9 Å². The Bertz CT molecular complexity index is 712. The van der Waals surface area contributed by atoms with Crippen molar-refractivity contribution >= 4 is 39.1 Å². The highest BCUT2D eigenvalue weighted by atomic mass is 79.9. The highest BCUT2D eigenvalue weighted by molar-refractivity contribution is 9.10. The number of halogens is 6. The molecule has 2 nitrogen and oxygen atoms in total. The molecule has 1 N–H and O–H groups in total. The molecule has 0 saturated carbocycles. The summed E-state index contributed by atoms with van der Waals surface area (Å²) < 4.78 is 53.4. The Labute approximate surface area is 129 Å². The Morgan fingerprint density at radius 3 is 2.14 bits per heavy atom. The van der Waals surface area contributed by atoms with Gasteiger partial charge in [-0.15, -0.1) is 0 Å². The quantitative estimate of drug-likeness (QED) is 0.580. The summed E-state index contributed by atoms with van der Waals surface area (Å²) in [5, 5.41) is 1.97. The van der Waals surface area contributed by atoms with Crippen LogP contribution >= 0.6 is 27.5 Å². The molecule has 0 aliphatic carbocycles. The average Bonchev–Trinajstić information content (AvgIpc) is 2.44. The molecular formula is C13H5BrClF4NO. The fourth-order valence-corrected chi connectivity index (χ4v) is 1.93. The van der Waals surface area contributed by atoms with E-state index in [0.717, 1.165) is 0 Å². The van der Waals surface area contributed by atoms with Gasteiger partial charge in [0.2, 0.25) is 0 Å². The van der Waals surface area contributed by atoms with Crippen molar-refractivity contribution in [3.63, 3.8) is 0 Å². The van der Waals surface area contributed by atoms with E-state index in [9.17, 15) is 22.4 Å². The van der Waals surface area contributed by atoms with Gasteiger partial charge < -0.3 is 5.32 Å². The maximum atomic E-state index is 13.4. The van der Waals surface area contributed by atoms with Crippen LogP contribution in [-0.2, 0) is 0 Å². The van der Waals surface area contributed by atoms with Crippen LogP contribution in [0.1, 0.15) is 10.4 Å². The van der Waals surface area contributed by atoms with Crippen molar-refractivity contribution in [1.82, 2.24) is 0 Å². The minimum atomic E-state index is -1.69. The van der Waals surface area contributed by atoms with Gasteiger partial charge in [-0.05, 0) is 34.1 Å². The number of hydrogen-bond acceptors (Lipinski definition) is 1. The minimum absolute atomic E-state index is 0.0355. The fourth-order valence-electron chi connectivity index (χ4n) is 1.51. The fraction of sp³-hybridized carbons (Fsp3) is 0. The number of nitrogens with one attached hydrogen (secondary N) is 1. The van der Waals surface area contributed by atoms with Crippen LogP contribution in [0.15, 0.2) is 28.7 Å². The predicted molar refractivity (Wildman–Crippen MR) is 73.4 cm³/mol. The summed E-state index contributed by atoms with van der Waals surface area (Å²) >= 11 is 8.88. The number of benzene rings is 2. The third kappa shape index (κ3) is 3.19. The Morgan fingerprint density at radius 1 is 1.05 bits per heavy atom. The molecule has 0 radical (unpaired) electrons. The van der Waals surface area contributed by atoms with Crippen LogP contribution in [0.25, 0.3) is 0 Å².